The summed E-state index contributed by atoms with van der Waals surface area (Å²) in [5.74, 6) is 1.70. The van der Waals surface area contributed by atoms with Crippen molar-refractivity contribution in [1.29, 1.82) is 0 Å². The maximum atomic E-state index is 12.5. The predicted molar refractivity (Wildman–Crippen MR) is 117 cm³/mol. The molecule has 0 aliphatic carbocycles. The van der Waals surface area contributed by atoms with E-state index in [1.807, 2.05) is 49.4 Å². The molecule has 7 nitrogen and oxygen atoms in total. The van der Waals surface area contributed by atoms with Crippen LogP contribution in [0.3, 0.4) is 0 Å². The number of hydrogen-bond donors (Lipinski definition) is 1. The van der Waals surface area contributed by atoms with Gasteiger partial charge in [0.1, 0.15) is 11.3 Å². The molecule has 0 aliphatic rings. The first-order chi connectivity index (χ1) is 14.7. The third-order valence-electron chi connectivity index (χ3n) is 4.68. The zero-order valence-electron chi connectivity index (χ0n) is 16.9. The fourth-order valence-corrected chi connectivity index (χ4v) is 4.01. The molecule has 30 heavy (non-hydrogen) atoms. The summed E-state index contributed by atoms with van der Waals surface area (Å²) in [7, 11) is 0. The minimum atomic E-state index is -0.216. The average Bonchev–Trinajstić information content (AvgIpc) is 3.37. The number of benzene rings is 1. The Hall–Kier alpha value is -3.13. The first kappa shape index (κ1) is 20.2. The van der Waals surface area contributed by atoms with Crippen LogP contribution in [0.4, 0.5) is 0 Å². The fourth-order valence-electron chi connectivity index (χ4n) is 3.24. The predicted octanol–water partition coefficient (Wildman–Crippen LogP) is 4.47. The second-order valence-electron chi connectivity index (χ2n) is 6.96. The van der Waals surface area contributed by atoms with Crippen LogP contribution in [0.5, 0.6) is 0 Å². The smallest absolute Gasteiger partial charge is 0.231 e. The quantitative estimate of drug-likeness (QED) is 0.423. The number of furan rings is 1. The molecule has 154 valence electrons. The Bertz CT molecular complexity index is 1110. The van der Waals surface area contributed by atoms with E-state index in [0.29, 0.717) is 0 Å². The molecular weight excluding hydrogens is 398 g/mol. The van der Waals surface area contributed by atoms with Gasteiger partial charge in [0.25, 0.3) is 0 Å². The summed E-state index contributed by atoms with van der Waals surface area (Å²) in [6, 6.07) is 13.4. The molecule has 1 N–H and O–H groups in total. The molecule has 1 amide bonds. The lowest BCUT2D eigenvalue weighted by Gasteiger charge is -2.12. The van der Waals surface area contributed by atoms with Gasteiger partial charge in [-0.1, -0.05) is 36.9 Å². The summed E-state index contributed by atoms with van der Waals surface area (Å²) in [5, 5.41) is 13.4. The monoisotopic (exact) mass is 421 g/mol. The first-order valence-corrected chi connectivity index (χ1v) is 10.9. The van der Waals surface area contributed by atoms with E-state index in [9.17, 15) is 4.79 Å². The van der Waals surface area contributed by atoms with E-state index < -0.39 is 0 Å². The van der Waals surface area contributed by atoms with E-state index in [2.05, 4.69) is 32.0 Å². The first-order valence-electron chi connectivity index (χ1n) is 9.90. The van der Waals surface area contributed by atoms with Crippen molar-refractivity contribution in [3.8, 4) is 11.4 Å². The lowest BCUT2D eigenvalue weighted by molar-refractivity contribution is -0.119. The van der Waals surface area contributed by atoms with Gasteiger partial charge in [0.05, 0.1) is 11.8 Å². The van der Waals surface area contributed by atoms with E-state index in [4.69, 9.17) is 4.42 Å². The number of hydrogen-bond acceptors (Lipinski definition) is 6. The lowest BCUT2D eigenvalue weighted by atomic mass is 10.2. The summed E-state index contributed by atoms with van der Waals surface area (Å²) in [6.45, 7) is 4.80. The highest BCUT2D eigenvalue weighted by molar-refractivity contribution is 7.99. The van der Waals surface area contributed by atoms with Crippen LogP contribution in [0.2, 0.25) is 0 Å². The Morgan fingerprint density at radius 3 is 2.77 bits per heavy atom. The lowest BCUT2D eigenvalue weighted by Crippen LogP contribution is -2.28. The van der Waals surface area contributed by atoms with Crippen LogP contribution in [-0.4, -0.2) is 31.4 Å². The normalized spacial score (nSPS) is 12.2. The largest absolute Gasteiger partial charge is 0.459 e. The van der Waals surface area contributed by atoms with Gasteiger partial charge in [-0.05, 0) is 37.6 Å². The van der Waals surface area contributed by atoms with Crippen molar-refractivity contribution >= 4 is 28.6 Å². The van der Waals surface area contributed by atoms with Gasteiger partial charge in [0.2, 0.25) is 5.91 Å². The minimum absolute atomic E-state index is 0.0792. The number of para-hydroxylation sites is 1. The summed E-state index contributed by atoms with van der Waals surface area (Å²) >= 11 is 1.38. The molecule has 3 aromatic heterocycles. The van der Waals surface area contributed by atoms with Gasteiger partial charge in [-0.25, -0.2) is 0 Å². The number of aromatic nitrogens is 4. The number of thioether (sulfide) groups is 1. The van der Waals surface area contributed by atoms with Gasteiger partial charge in [0, 0.05) is 29.9 Å². The molecule has 0 saturated heterocycles. The van der Waals surface area contributed by atoms with E-state index >= 15 is 0 Å². The van der Waals surface area contributed by atoms with Crippen molar-refractivity contribution in [3.63, 3.8) is 0 Å². The second kappa shape index (κ2) is 9.13. The highest BCUT2D eigenvalue weighted by Gasteiger charge is 2.17. The van der Waals surface area contributed by atoms with Gasteiger partial charge in [0.15, 0.2) is 11.0 Å². The van der Waals surface area contributed by atoms with Gasteiger partial charge in [-0.3, -0.25) is 9.78 Å². The molecule has 0 bridgehead atoms. The summed E-state index contributed by atoms with van der Waals surface area (Å²) in [5.41, 5.74) is 1.78. The van der Waals surface area contributed by atoms with Gasteiger partial charge >= 0.3 is 0 Å². The number of nitrogens with zero attached hydrogens (tertiary/aromatic N) is 4. The van der Waals surface area contributed by atoms with Crippen molar-refractivity contribution < 1.29 is 9.21 Å². The molecule has 1 aromatic carbocycles. The standard InChI is InChI=1S/C22H23N5O2S/c1-3-12-27-21(16-8-10-23-11-9-16)25-26-22(27)30-14-20(28)24-15(2)19-13-17-6-4-5-7-18(17)29-19/h4-11,13,15H,3,12,14H2,1-2H3,(H,24,28)/t15-/m1/s1. The van der Waals surface area contributed by atoms with E-state index in [-0.39, 0.29) is 17.7 Å². The van der Waals surface area contributed by atoms with Crippen LogP contribution in [-0.2, 0) is 11.3 Å². The van der Waals surface area contributed by atoms with Gasteiger partial charge in [-0.2, -0.15) is 0 Å². The minimum Gasteiger partial charge on any atom is -0.459 e. The van der Waals surface area contributed by atoms with Gasteiger partial charge in [-0.15, -0.1) is 10.2 Å². The summed E-state index contributed by atoms with van der Waals surface area (Å²) in [4.78, 5) is 16.6. The SMILES string of the molecule is CCCn1c(SCC(=O)N[C@H](C)c2cc3ccccc3o2)nnc1-c1ccncc1. The van der Waals surface area contributed by atoms with Crippen LogP contribution in [0.15, 0.2) is 64.4 Å². The molecular formula is C22H23N5O2S. The molecule has 4 rings (SSSR count). The number of carbonyl (C=O) groups is 1. The number of nitrogens with one attached hydrogen (secondary N) is 1. The topological polar surface area (TPSA) is 85.8 Å². The Kier molecular flexibility index (Phi) is 6.13. The van der Waals surface area contributed by atoms with E-state index in [1.165, 1.54) is 11.8 Å². The molecule has 8 heteroatoms. The van der Waals surface area contributed by atoms with Crippen LogP contribution in [0.25, 0.3) is 22.4 Å². The van der Waals surface area contributed by atoms with Crippen molar-refractivity contribution in [2.75, 3.05) is 5.75 Å². The maximum absolute atomic E-state index is 12.5. The van der Waals surface area contributed by atoms with Gasteiger partial charge < -0.3 is 14.3 Å². The molecule has 0 radical (unpaired) electrons. The molecule has 0 spiro atoms. The van der Waals surface area contributed by atoms with Crippen LogP contribution in [0.1, 0.15) is 32.1 Å². The Morgan fingerprint density at radius 2 is 2.00 bits per heavy atom. The Labute approximate surface area is 178 Å². The van der Waals surface area contributed by atoms with E-state index in [0.717, 1.165) is 46.2 Å². The molecule has 0 unspecified atom stereocenters. The average molecular weight is 422 g/mol. The van der Waals surface area contributed by atoms with Crippen molar-refractivity contribution in [1.82, 2.24) is 25.1 Å². The number of carbonyl (C=O) groups excluding carboxylic acids is 1. The molecule has 1 atom stereocenters. The zero-order valence-corrected chi connectivity index (χ0v) is 17.7. The van der Waals surface area contributed by atoms with Crippen LogP contribution >= 0.6 is 11.8 Å². The Morgan fingerprint density at radius 1 is 1.20 bits per heavy atom. The van der Waals surface area contributed by atoms with Crippen LogP contribution in [0, 0.1) is 0 Å². The number of rotatable bonds is 8. The molecule has 3 heterocycles. The third-order valence-corrected chi connectivity index (χ3v) is 5.65. The maximum Gasteiger partial charge on any atom is 0.231 e. The van der Waals surface area contributed by atoms with Crippen LogP contribution < -0.4 is 5.32 Å². The molecule has 0 fully saturated rings. The number of fused-ring (bicyclic) bond motifs is 1. The zero-order chi connectivity index (χ0) is 20.9. The molecule has 4 aromatic rings. The van der Waals surface area contributed by atoms with Crippen molar-refractivity contribution in [2.45, 2.75) is 38.0 Å². The Balaban J connectivity index is 1.41. The molecule has 0 aliphatic heterocycles. The van der Waals surface area contributed by atoms with Crippen molar-refractivity contribution in [2.24, 2.45) is 0 Å². The highest BCUT2D eigenvalue weighted by Crippen LogP contribution is 2.25. The molecule has 0 saturated carbocycles. The summed E-state index contributed by atoms with van der Waals surface area (Å²) in [6.07, 6.45) is 4.42. The number of pyridine rings is 1. The highest BCUT2D eigenvalue weighted by atomic mass is 32.2. The van der Waals surface area contributed by atoms with E-state index in [1.54, 1.807) is 12.4 Å². The summed E-state index contributed by atoms with van der Waals surface area (Å²) < 4.78 is 7.90. The fraction of sp³-hybridized carbons (Fsp3) is 0.273. The van der Waals surface area contributed by atoms with Crippen molar-refractivity contribution in [3.05, 3.63) is 60.6 Å². The second-order valence-corrected chi connectivity index (χ2v) is 7.90. The number of amides is 1. The third kappa shape index (κ3) is 4.38.